The van der Waals surface area contributed by atoms with Gasteiger partial charge in [-0.2, -0.15) is 11.3 Å². The first-order valence-electron chi connectivity index (χ1n) is 7.78. The molecule has 0 spiro atoms. The first-order valence-corrected chi connectivity index (χ1v) is 8.72. The van der Waals surface area contributed by atoms with Crippen LogP contribution in [0.5, 0.6) is 0 Å². The van der Waals surface area contributed by atoms with Crippen molar-refractivity contribution in [3.05, 3.63) is 22.4 Å². The lowest BCUT2D eigenvalue weighted by molar-refractivity contribution is -0.131. The molecule has 1 aromatic rings. The van der Waals surface area contributed by atoms with Gasteiger partial charge in [0, 0.05) is 6.54 Å². The van der Waals surface area contributed by atoms with Gasteiger partial charge in [-0.05, 0) is 53.5 Å². The summed E-state index contributed by atoms with van der Waals surface area (Å²) in [6.07, 6.45) is 5.83. The molecule has 1 aliphatic carbocycles. The van der Waals surface area contributed by atoms with Gasteiger partial charge in [0.25, 0.3) is 0 Å². The lowest BCUT2D eigenvalue weighted by atomic mass is 10.0. The van der Waals surface area contributed by atoms with Gasteiger partial charge in [-0.15, -0.1) is 0 Å². The van der Waals surface area contributed by atoms with E-state index in [-0.39, 0.29) is 12.2 Å². The molecular weight excluding hydrogens is 268 g/mol. The molecule has 20 heavy (non-hydrogen) atoms. The number of carbonyl (C=O) groups excluding carboxylic acids is 1. The lowest BCUT2D eigenvalue weighted by Gasteiger charge is -2.28. The van der Waals surface area contributed by atoms with Gasteiger partial charge in [0.05, 0.1) is 6.04 Å². The van der Waals surface area contributed by atoms with Crippen molar-refractivity contribution in [3.8, 4) is 0 Å². The summed E-state index contributed by atoms with van der Waals surface area (Å²) in [5.41, 5.74) is 1.65. The number of hydrogen-bond donors (Lipinski definition) is 1. The lowest BCUT2D eigenvalue weighted by Crippen LogP contribution is -2.35. The molecule has 110 valence electrons. The van der Waals surface area contributed by atoms with Gasteiger partial charge in [-0.1, -0.05) is 20.3 Å². The summed E-state index contributed by atoms with van der Waals surface area (Å²) in [6.45, 7) is 5.33. The van der Waals surface area contributed by atoms with E-state index in [1.807, 2.05) is 0 Å². The van der Waals surface area contributed by atoms with E-state index in [2.05, 4.69) is 40.9 Å². The van der Waals surface area contributed by atoms with Crippen molar-refractivity contribution in [2.75, 3.05) is 6.54 Å². The van der Waals surface area contributed by atoms with E-state index in [4.69, 9.17) is 0 Å². The molecule has 4 heteroatoms. The van der Waals surface area contributed by atoms with Crippen LogP contribution in [0.4, 0.5) is 0 Å². The van der Waals surface area contributed by atoms with E-state index >= 15 is 0 Å². The Balaban J connectivity index is 1.80. The second-order valence-corrected chi connectivity index (χ2v) is 7.07. The van der Waals surface area contributed by atoms with Crippen LogP contribution >= 0.6 is 11.3 Å². The van der Waals surface area contributed by atoms with Gasteiger partial charge in [0.2, 0.25) is 5.91 Å². The zero-order valence-corrected chi connectivity index (χ0v) is 13.2. The number of rotatable bonds is 6. The molecule has 2 unspecified atom stereocenters. The Morgan fingerprint density at radius 2 is 2.25 bits per heavy atom. The van der Waals surface area contributed by atoms with Crippen molar-refractivity contribution < 1.29 is 4.79 Å². The molecule has 2 atom stereocenters. The van der Waals surface area contributed by atoms with Crippen LogP contribution in [0, 0.1) is 5.41 Å². The van der Waals surface area contributed by atoms with Crippen LogP contribution in [-0.2, 0) is 4.79 Å². The summed E-state index contributed by atoms with van der Waals surface area (Å²) in [7, 11) is 0. The standard InChI is InChI=1S/C16H24N2OS/c1-3-5-13-15(19)18(11-16(4-2)7-8-16)14(17-13)12-6-9-20-10-12/h6,9-10,13-14,17H,3-5,7-8,11H2,1-2H3. The summed E-state index contributed by atoms with van der Waals surface area (Å²) >= 11 is 1.71. The number of carbonyl (C=O) groups is 1. The highest BCUT2D eigenvalue weighted by molar-refractivity contribution is 7.07. The number of nitrogens with one attached hydrogen (secondary N) is 1. The van der Waals surface area contributed by atoms with E-state index in [1.165, 1.54) is 24.8 Å². The number of amides is 1. The molecule has 0 aromatic carbocycles. The van der Waals surface area contributed by atoms with Gasteiger partial charge in [-0.25, -0.2) is 0 Å². The molecule has 0 bridgehead atoms. The van der Waals surface area contributed by atoms with Crippen LogP contribution < -0.4 is 5.32 Å². The van der Waals surface area contributed by atoms with Crippen LogP contribution in [0.15, 0.2) is 16.8 Å². The monoisotopic (exact) mass is 292 g/mol. The molecule has 1 aromatic heterocycles. The van der Waals surface area contributed by atoms with Crippen LogP contribution in [-0.4, -0.2) is 23.4 Å². The molecule has 3 rings (SSSR count). The Morgan fingerprint density at radius 1 is 1.45 bits per heavy atom. The first kappa shape index (κ1) is 14.1. The number of hydrogen-bond acceptors (Lipinski definition) is 3. The van der Waals surface area contributed by atoms with Crippen molar-refractivity contribution >= 4 is 17.2 Å². The summed E-state index contributed by atoms with van der Waals surface area (Å²) in [5.74, 6) is 0.308. The third-order valence-corrected chi connectivity index (χ3v) is 5.60. The van der Waals surface area contributed by atoms with Gasteiger partial charge < -0.3 is 4.90 Å². The summed E-state index contributed by atoms with van der Waals surface area (Å²) in [6, 6.07) is 2.15. The normalized spacial score (nSPS) is 28.1. The van der Waals surface area contributed by atoms with Gasteiger partial charge in [0.15, 0.2) is 0 Å². The number of thiophene rings is 1. The summed E-state index contributed by atoms with van der Waals surface area (Å²) < 4.78 is 0. The van der Waals surface area contributed by atoms with Crippen molar-refractivity contribution in [2.45, 2.75) is 58.2 Å². The third kappa shape index (κ3) is 2.51. The average Bonchev–Trinajstić information content (AvgIpc) is 2.89. The molecule has 0 radical (unpaired) electrons. The zero-order valence-electron chi connectivity index (χ0n) is 12.4. The van der Waals surface area contributed by atoms with E-state index < -0.39 is 0 Å². The largest absolute Gasteiger partial charge is 0.321 e. The van der Waals surface area contributed by atoms with E-state index in [9.17, 15) is 4.79 Å². The second kappa shape index (κ2) is 5.49. The molecule has 1 aliphatic heterocycles. The van der Waals surface area contributed by atoms with Crippen LogP contribution in [0.1, 0.15) is 57.7 Å². The predicted molar refractivity (Wildman–Crippen MR) is 82.6 cm³/mol. The smallest absolute Gasteiger partial charge is 0.241 e. The molecule has 1 N–H and O–H groups in total. The Hall–Kier alpha value is -0.870. The van der Waals surface area contributed by atoms with Gasteiger partial charge >= 0.3 is 0 Å². The maximum atomic E-state index is 12.7. The number of nitrogens with zero attached hydrogens (tertiary/aromatic N) is 1. The second-order valence-electron chi connectivity index (χ2n) is 6.29. The third-order valence-electron chi connectivity index (χ3n) is 4.90. The molecule has 1 saturated carbocycles. The first-order chi connectivity index (χ1) is 9.69. The maximum Gasteiger partial charge on any atom is 0.241 e. The highest BCUT2D eigenvalue weighted by Gasteiger charge is 2.48. The topological polar surface area (TPSA) is 32.3 Å². The van der Waals surface area contributed by atoms with E-state index in [0.29, 0.717) is 11.3 Å². The van der Waals surface area contributed by atoms with Gasteiger partial charge in [0.1, 0.15) is 6.17 Å². The summed E-state index contributed by atoms with van der Waals surface area (Å²) in [4.78, 5) is 14.8. The molecule has 2 heterocycles. The quantitative estimate of drug-likeness (QED) is 0.870. The Bertz CT molecular complexity index is 467. The SMILES string of the molecule is CCCC1NC(c2ccsc2)N(CC2(CC)CC2)C1=O. The molecule has 1 saturated heterocycles. The minimum absolute atomic E-state index is 0.0116. The molecule has 3 nitrogen and oxygen atoms in total. The van der Waals surface area contributed by atoms with Crippen molar-refractivity contribution in [1.29, 1.82) is 0 Å². The molecule has 2 fully saturated rings. The van der Waals surface area contributed by atoms with Crippen molar-refractivity contribution in [1.82, 2.24) is 10.2 Å². The Kier molecular flexibility index (Phi) is 3.87. The molecule has 1 amide bonds. The predicted octanol–water partition coefficient (Wildman–Crippen LogP) is 3.54. The average molecular weight is 292 g/mol. The van der Waals surface area contributed by atoms with Crippen LogP contribution in [0.25, 0.3) is 0 Å². The van der Waals surface area contributed by atoms with E-state index in [1.54, 1.807) is 11.3 Å². The van der Waals surface area contributed by atoms with Gasteiger partial charge in [-0.3, -0.25) is 10.1 Å². The summed E-state index contributed by atoms with van der Waals surface area (Å²) in [5, 5.41) is 7.81. The fourth-order valence-electron chi connectivity index (χ4n) is 3.21. The highest BCUT2D eigenvalue weighted by atomic mass is 32.1. The van der Waals surface area contributed by atoms with E-state index in [0.717, 1.165) is 19.4 Å². The maximum absolute atomic E-state index is 12.7. The molecular formula is C16H24N2OS. The molecule has 2 aliphatic rings. The fraction of sp³-hybridized carbons (Fsp3) is 0.688. The highest BCUT2D eigenvalue weighted by Crippen LogP contribution is 2.50. The van der Waals surface area contributed by atoms with Crippen molar-refractivity contribution in [2.24, 2.45) is 5.41 Å². The minimum atomic E-state index is 0.0116. The Labute approximate surface area is 125 Å². The zero-order chi connectivity index (χ0) is 14.2. The Morgan fingerprint density at radius 3 is 2.80 bits per heavy atom. The minimum Gasteiger partial charge on any atom is -0.321 e. The van der Waals surface area contributed by atoms with Crippen molar-refractivity contribution in [3.63, 3.8) is 0 Å². The van der Waals surface area contributed by atoms with Crippen LogP contribution in [0.3, 0.4) is 0 Å². The fourth-order valence-corrected chi connectivity index (χ4v) is 3.89. The van der Waals surface area contributed by atoms with Crippen LogP contribution in [0.2, 0.25) is 0 Å².